The molecule has 0 aromatic carbocycles. The van der Waals surface area contributed by atoms with Gasteiger partial charge >= 0.3 is 17.9 Å². The Labute approximate surface area is 178 Å². The Morgan fingerprint density at radius 3 is 1.33 bits per heavy atom. The van der Waals surface area contributed by atoms with E-state index in [0.29, 0.717) is 36.5 Å². The summed E-state index contributed by atoms with van der Waals surface area (Å²) >= 11 is 12.3. The van der Waals surface area contributed by atoms with Gasteiger partial charge in [0.05, 0.1) is 0 Å². The molecule has 0 aliphatic rings. The van der Waals surface area contributed by atoms with Crippen molar-refractivity contribution in [3.05, 3.63) is 0 Å². The number of thiol groups is 3. The first-order valence-corrected chi connectivity index (χ1v) is 11.3. The van der Waals surface area contributed by atoms with E-state index < -0.39 is 12.1 Å². The third kappa shape index (κ3) is 17.3. The Morgan fingerprint density at radius 2 is 0.963 bits per heavy atom. The number of hydrogen-bond acceptors (Lipinski definition) is 9. The topological polar surface area (TPSA) is 78.9 Å². The van der Waals surface area contributed by atoms with Crippen LogP contribution in [0.15, 0.2) is 0 Å². The van der Waals surface area contributed by atoms with E-state index in [2.05, 4.69) is 37.9 Å². The fraction of sp³-hybridized carbons (Fsp3) is 0.833. The summed E-state index contributed by atoms with van der Waals surface area (Å²) in [6.45, 7) is -0.246. The Bertz CT molecular complexity index is 394. The lowest BCUT2D eigenvalue weighted by atomic mass is 10.2. The predicted molar refractivity (Wildman–Crippen MR) is 115 cm³/mol. The molecular formula is C18H32O6S3. The molecule has 0 atom stereocenters. The minimum absolute atomic E-state index is 0.123. The molecule has 0 aliphatic carbocycles. The molecular weight excluding hydrogens is 408 g/mol. The molecule has 27 heavy (non-hydrogen) atoms. The molecule has 6 nitrogen and oxygen atoms in total. The highest BCUT2D eigenvalue weighted by atomic mass is 32.1. The van der Waals surface area contributed by atoms with Crippen LogP contribution >= 0.6 is 37.9 Å². The second kappa shape index (κ2) is 18.8. The van der Waals surface area contributed by atoms with Gasteiger partial charge in [-0.3, -0.25) is 14.4 Å². The van der Waals surface area contributed by atoms with E-state index in [1.165, 1.54) is 0 Å². The number of rotatable bonds is 17. The molecule has 0 saturated carbocycles. The highest BCUT2D eigenvalue weighted by molar-refractivity contribution is 7.80. The Balaban J connectivity index is 4.36. The number of carbonyl (C=O) groups is 3. The van der Waals surface area contributed by atoms with Crippen LogP contribution < -0.4 is 0 Å². The van der Waals surface area contributed by atoms with Crippen molar-refractivity contribution in [3.8, 4) is 0 Å². The van der Waals surface area contributed by atoms with Crippen molar-refractivity contribution >= 4 is 55.8 Å². The maximum Gasteiger partial charge on any atom is 0.306 e. The monoisotopic (exact) mass is 440 g/mol. The SMILES string of the molecule is O=C(CCCCS)OCC(COC(=O)CCCCS)OC(=O)CCCCS. The van der Waals surface area contributed by atoms with Crippen LogP contribution in [0.4, 0.5) is 0 Å². The normalized spacial score (nSPS) is 10.7. The van der Waals surface area contributed by atoms with Crippen LogP contribution in [-0.4, -0.2) is 54.5 Å². The summed E-state index contributed by atoms with van der Waals surface area (Å²) in [5.74, 6) is 0.983. The maximum absolute atomic E-state index is 11.9. The van der Waals surface area contributed by atoms with Crippen molar-refractivity contribution < 1.29 is 28.6 Å². The summed E-state index contributed by atoms with van der Waals surface area (Å²) < 4.78 is 15.6. The van der Waals surface area contributed by atoms with Crippen molar-refractivity contribution in [2.24, 2.45) is 0 Å². The summed E-state index contributed by atoms with van der Waals surface area (Å²) in [7, 11) is 0. The number of esters is 3. The van der Waals surface area contributed by atoms with E-state index in [0.717, 1.165) is 19.3 Å². The Hall–Kier alpha value is -0.540. The first-order valence-electron chi connectivity index (χ1n) is 9.36. The predicted octanol–water partition coefficient (Wildman–Crippen LogP) is 3.28. The lowest BCUT2D eigenvalue weighted by Crippen LogP contribution is -2.30. The summed E-state index contributed by atoms with van der Waals surface area (Å²) in [6, 6.07) is 0. The molecule has 0 heterocycles. The second-order valence-corrected chi connectivity index (χ2v) is 7.36. The van der Waals surface area contributed by atoms with Crippen LogP contribution in [-0.2, 0) is 28.6 Å². The molecule has 0 aliphatic heterocycles. The molecule has 0 saturated heterocycles. The molecule has 0 N–H and O–H groups in total. The van der Waals surface area contributed by atoms with Crippen LogP contribution in [0, 0.1) is 0 Å². The fourth-order valence-electron chi connectivity index (χ4n) is 2.02. The zero-order valence-corrected chi connectivity index (χ0v) is 18.5. The van der Waals surface area contributed by atoms with E-state index >= 15 is 0 Å². The van der Waals surface area contributed by atoms with Crippen molar-refractivity contribution in [1.29, 1.82) is 0 Å². The van der Waals surface area contributed by atoms with E-state index in [9.17, 15) is 14.4 Å². The van der Waals surface area contributed by atoms with Crippen molar-refractivity contribution in [2.75, 3.05) is 30.5 Å². The maximum atomic E-state index is 11.9. The first kappa shape index (κ1) is 26.5. The average molecular weight is 441 g/mol. The average Bonchev–Trinajstić information content (AvgIpc) is 2.64. The molecule has 9 heteroatoms. The molecule has 0 aromatic heterocycles. The molecule has 0 rings (SSSR count). The lowest BCUT2D eigenvalue weighted by Gasteiger charge is -2.18. The largest absolute Gasteiger partial charge is 0.462 e. The van der Waals surface area contributed by atoms with Gasteiger partial charge in [-0.2, -0.15) is 37.9 Å². The van der Waals surface area contributed by atoms with E-state index in [-0.39, 0.29) is 44.4 Å². The summed E-state index contributed by atoms with van der Waals surface area (Å²) in [5.41, 5.74) is 0. The van der Waals surface area contributed by atoms with Crippen LogP contribution in [0.1, 0.15) is 57.8 Å². The van der Waals surface area contributed by atoms with Crippen LogP contribution in [0.2, 0.25) is 0 Å². The number of unbranched alkanes of at least 4 members (excludes halogenated alkanes) is 3. The molecule has 158 valence electrons. The molecule has 0 spiro atoms. The Morgan fingerprint density at radius 1 is 0.593 bits per heavy atom. The van der Waals surface area contributed by atoms with Gasteiger partial charge in [0.2, 0.25) is 0 Å². The number of ether oxygens (including phenoxy) is 3. The highest BCUT2D eigenvalue weighted by Gasteiger charge is 2.19. The van der Waals surface area contributed by atoms with Gasteiger partial charge in [0.1, 0.15) is 13.2 Å². The van der Waals surface area contributed by atoms with Crippen LogP contribution in [0.25, 0.3) is 0 Å². The van der Waals surface area contributed by atoms with Gasteiger partial charge in [-0.05, 0) is 55.8 Å². The highest BCUT2D eigenvalue weighted by Crippen LogP contribution is 2.07. The van der Waals surface area contributed by atoms with Gasteiger partial charge in [0, 0.05) is 19.3 Å². The van der Waals surface area contributed by atoms with Crippen LogP contribution in [0.3, 0.4) is 0 Å². The first-order chi connectivity index (χ1) is 13.0. The summed E-state index contributed by atoms with van der Waals surface area (Å²) in [5, 5.41) is 0. The molecule has 0 aromatic rings. The van der Waals surface area contributed by atoms with Crippen molar-refractivity contribution in [2.45, 2.75) is 63.9 Å². The van der Waals surface area contributed by atoms with Gasteiger partial charge in [-0.1, -0.05) is 0 Å². The van der Waals surface area contributed by atoms with Gasteiger partial charge in [-0.25, -0.2) is 0 Å². The molecule has 0 amide bonds. The Kier molecular flexibility index (Phi) is 18.4. The summed E-state index contributed by atoms with van der Waals surface area (Å²) in [6.07, 6.45) is 4.54. The summed E-state index contributed by atoms with van der Waals surface area (Å²) in [4.78, 5) is 35.3. The van der Waals surface area contributed by atoms with E-state index in [4.69, 9.17) is 14.2 Å². The molecule has 0 fully saturated rings. The molecule has 0 radical (unpaired) electrons. The quantitative estimate of drug-likeness (QED) is 0.139. The zero-order valence-electron chi connectivity index (χ0n) is 15.8. The number of carbonyl (C=O) groups excluding carboxylic acids is 3. The van der Waals surface area contributed by atoms with Gasteiger partial charge in [0.25, 0.3) is 0 Å². The van der Waals surface area contributed by atoms with E-state index in [1.54, 1.807) is 0 Å². The van der Waals surface area contributed by atoms with Gasteiger partial charge < -0.3 is 14.2 Å². The van der Waals surface area contributed by atoms with Crippen molar-refractivity contribution in [1.82, 2.24) is 0 Å². The standard InChI is InChI=1S/C18H32O6S3/c19-16(7-1-4-10-25)22-13-15(24-18(21)9-3-6-12-27)14-23-17(20)8-2-5-11-26/h15,25-27H,1-14H2. The molecule has 0 unspecified atom stereocenters. The second-order valence-electron chi connectivity index (χ2n) is 6.02. The third-order valence-electron chi connectivity index (χ3n) is 3.53. The van der Waals surface area contributed by atoms with E-state index in [1.807, 2.05) is 0 Å². The fourth-order valence-corrected chi connectivity index (χ4v) is 2.69. The number of hydrogen-bond donors (Lipinski definition) is 3. The molecule has 0 bridgehead atoms. The van der Waals surface area contributed by atoms with Crippen molar-refractivity contribution in [3.63, 3.8) is 0 Å². The van der Waals surface area contributed by atoms with Gasteiger partial charge in [-0.15, -0.1) is 0 Å². The third-order valence-corrected chi connectivity index (χ3v) is 4.47. The smallest absolute Gasteiger partial charge is 0.306 e. The minimum Gasteiger partial charge on any atom is -0.462 e. The van der Waals surface area contributed by atoms with Crippen LogP contribution in [0.5, 0.6) is 0 Å². The minimum atomic E-state index is -0.795. The zero-order chi connectivity index (χ0) is 20.3. The lowest BCUT2D eigenvalue weighted by molar-refractivity contribution is -0.167. The van der Waals surface area contributed by atoms with Gasteiger partial charge in [0.15, 0.2) is 6.10 Å².